The maximum atomic E-state index is 13.2. The summed E-state index contributed by atoms with van der Waals surface area (Å²) in [6.45, 7) is 5.25. The van der Waals surface area contributed by atoms with E-state index in [1.165, 1.54) is 34.6 Å². The number of rotatable bonds is 9. The first-order valence-electron chi connectivity index (χ1n) is 10.3. The summed E-state index contributed by atoms with van der Waals surface area (Å²) in [7, 11) is -7.72. The number of hydrogen-bond acceptors (Lipinski definition) is 6. The van der Waals surface area contributed by atoms with Crippen LogP contribution in [0.25, 0.3) is 0 Å². The SMILES string of the molecule is CCOc1ccc(S(=O)(=O)Nc2ccc(OCC)c(S(=O)(=O)N3CCCCC3)c2)cc1. The minimum absolute atomic E-state index is 0.0388. The third-order valence-corrected chi connectivity index (χ3v) is 8.19. The number of nitrogens with one attached hydrogen (secondary N) is 1. The molecular formula is C21H28N2O6S2. The van der Waals surface area contributed by atoms with Crippen LogP contribution in [0.5, 0.6) is 11.5 Å². The molecule has 0 atom stereocenters. The predicted molar refractivity (Wildman–Crippen MR) is 119 cm³/mol. The van der Waals surface area contributed by atoms with E-state index in [4.69, 9.17) is 9.47 Å². The zero-order valence-electron chi connectivity index (χ0n) is 17.7. The Morgan fingerprint density at radius 2 is 1.52 bits per heavy atom. The van der Waals surface area contributed by atoms with Gasteiger partial charge in [-0.05, 0) is 69.2 Å². The van der Waals surface area contributed by atoms with Crippen LogP contribution in [0.1, 0.15) is 33.1 Å². The summed E-state index contributed by atoms with van der Waals surface area (Å²) < 4.78 is 66.8. The molecule has 0 saturated carbocycles. The van der Waals surface area contributed by atoms with Crippen LogP contribution in [0.2, 0.25) is 0 Å². The van der Waals surface area contributed by atoms with Crippen molar-refractivity contribution in [3.05, 3.63) is 42.5 Å². The minimum atomic E-state index is -3.91. The largest absolute Gasteiger partial charge is 0.494 e. The van der Waals surface area contributed by atoms with E-state index in [0.29, 0.717) is 32.1 Å². The number of nitrogens with zero attached hydrogens (tertiary/aromatic N) is 1. The van der Waals surface area contributed by atoms with Gasteiger partial charge in [-0.1, -0.05) is 6.42 Å². The third-order valence-electron chi connectivity index (χ3n) is 4.87. The van der Waals surface area contributed by atoms with Gasteiger partial charge in [0.15, 0.2) is 0 Å². The van der Waals surface area contributed by atoms with E-state index in [-0.39, 0.29) is 21.2 Å². The summed E-state index contributed by atoms with van der Waals surface area (Å²) in [6.07, 6.45) is 2.59. The summed E-state index contributed by atoms with van der Waals surface area (Å²) in [5, 5.41) is 0. The van der Waals surface area contributed by atoms with Gasteiger partial charge >= 0.3 is 0 Å². The van der Waals surface area contributed by atoms with E-state index < -0.39 is 20.0 Å². The first-order chi connectivity index (χ1) is 14.8. The van der Waals surface area contributed by atoms with E-state index in [9.17, 15) is 16.8 Å². The molecule has 3 rings (SSSR count). The maximum Gasteiger partial charge on any atom is 0.261 e. The molecule has 0 radical (unpaired) electrons. The van der Waals surface area contributed by atoms with Crippen LogP contribution in [0.15, 0.2) is 52.3 Å². The van der Waals surface area contributed by atoms with Crippen molar-refractivity contribution in [3.8, 4) is 11.5 Å². The Morgan fingerprint density at radius 3 is 2.13 bits per heavy atom. The fraction of sp³-hybridized carbons (Fsp3) is 0.429. The van der Waals surface area contributed by atoms with Crippen molar-refractivity contribution in [1.29, 1.82) is 0 Å². The molecule has 170 valence electrons. The first-order valence-corrected chi connectivity index (χ1v) is 13.2. The van der Waals surface area contributed by atoms with Gasteiger partial charge in [0.25, 0.3) is 10.0 Å². The van der Waals surface area contributed by atoms with Crippen LogP contribution in [0.4, 0.5) is 5.69 Å². The van der Waals surface area contributed by atoms with Crippen molar-refractivity contribution in [3.63, 3.8) is 0 Å². The smallest absolute Gasteiger partial charge is 0.261 e. The van der Waals surface area contributed by atoms with Crippen LogP contribution >= 0.6 is 0 Å². The van der Waals surface area contributed by atoms with Crippen molar-refractivity contribution in [2.75, 3.05) is 31.0 Å². The fourth-order valence-corrected chi connectivity index (χ4v) is 6.11. The lowest BCUT2D eigenvalue weighted by Crippen LogP contribution is -2.35. The normalized spacial score (nSPS) is 15.4. The van der Waals surface area contributed by atoms with Crippen LogP contribution in [0.3, 0.4) is 0 Å². The molecule has 10 heteroatoms. The highest BCUT2D eigenvalue weighted by molar-refractivity contribution is 7.92. The Kier molecular flexibility index (Phi) is 7.45. The van der Waals surface area contributed by atoms with E-state index in [2.05, 4.69) is 4.72 Å². The molecule has 8 nitrogen and oxygen atoms in total. The second kappa shape index (κ2) is 9.88. The van der Waals surface area contributed by atoms with Gasteiger partial charge < -0.3 is 9.47 Å². The second-order valence-electron chi connectivity index (χ2n) is 7.07. The van der Waals surface area contributed by atoms with Crippen LogP contribution in [-0.4, -0.2) is 47.4 Å². The molecule has 1 fully saturated rings. The highest BCUT2D eigenvalue weighted by atomic mass is 32.2. The highest BCUT2D eigenvalue weighted by Gasteiger charge is 2.29. The van der Waals surface area contributed by atoms with Gasteiger partial charge in [-0.2, -0.15) is 4.31 Å². The Morgan fingerprint density at radius 1 is 0.871 bits per heavy atom. The Labute approximate surface area is 184 Å². The van der Waals surface area contributed by atoms with Gasteiger partial charge in [0, 0.05) is 13.1 Å². The summed E-state index contributed by atoms with van der Waals surface area (Å²) >= 11 is 0. The van der Waals surface area contributed by atoms with Gasteiger partial charge in [0.1, 0.15) is 16.4 Å². The summed E-state index contributed by atoms with van der Waals surface area (Å²) in [4.78, 5) is 0.00780. The lowest BCUT2D eigenvalue weighted by atomic mass is 10.2. The van der Waals surface area contributed by atoms with E-state index in [1.54, 1.807) is 19.1 Å². The molecule has 0 spiro atoms. The minimum Gasteiger partial charge on any atom is -0.494 e. The van der Waals surface area contributed by atoms with Gasteiger partial charge in [-0.25, -0.2) is 16.8 Å². The van der Waals surface area contributed by atoms with E-state index in [0.717, 1.165) is 19.3 Å². The quantitative estimate of drug-likeness (QED) is 0.605. The lowest BCUT2D eigenvalue weighted by molar-refractivity contribution is 0.323. The Hall–Kier alpha value is -2.30. The van der Waals surface area contributed by atoms with Crippen LogP contribution in [-0.2, 0) is 20.0 Å². The third kappa shape index (κ3) is 5.50. The van der Waals surface area contributed by atoms with Gasteiger partial charge in [-0.3, -0.25) is 4.72 Å². The Bertz CT molecular complexity index is 1090. The molecule has 0 unspecified atom stereocenters. The van der Waals surface area contributed by atoms with Crippen LogP contribution < -0.4 is 14.2 Å². The van der Waals surface area contributed by atoms with Crippen molar-refractivity contribution < 1.29 is 26.3 Å². The number of ether oxygens (including phenoxy) is 2. The molecule has 1 N–H and O–H groups in total. The van der Waals surface area contributed by atoms with Crippen molar-refractivity contribution in [2.24, 2.45) is 0 Å². The zero-order valence-corrected chi connectivity index (χ0v) is 19.3. The average molecular weight is 469 g/mol. The number of piperidine rings is 1. The molecule has 1 saturated heterocycles. The van der Waals surface area contributed by atoms with Gasteiger partial charge in [0.05, 0.1) is 23.8 Å². The number of anilines is 1. The molecular weight excluding hydrogens is 440 g/mol. The van der Waals surface area contributed by atoms with Crippen molar-refractivity contribution in [2.45, 2.75) is 42.9 Å². The van der Waals surface area contributed by atoms with Crippen molar-refractivity contribution >= 4 is 25.7 Å². The van der Waals surface area contributed by atoms with Crippen LogP contribution in [0, 0.1) is 0 Å². The monoisotopic (exact) mass is 468 g/mol. The first kappa shape index (κ1) is 23.4. The predicted octanol–water partition coefficient (Wildman–Crippen LogP) is 3.46. The number of hydrogen-bond donors (Lipinski definition) is 1. The molecule has 1 aliphatic heterocycles. The second-order valence-corrected chi connectivity index (χ2v) is 10.7. The van der Waals surface area contributed by atoms with Gasteiger partial charge in [0.2, 0.25) is 10.0 Å². The maximum absolute atomic E-state index is 13.2. The fourth-order valence-electron chi connectivity index (χ4n) is 3.39. The highest BCUT2D eigenvalue weighted by Crippen LogP contribution is 2.32. The summed E-state index contributed by atoms with van der Waals surface area (Å²) in [5.74, 6) is 0.773. The molecule has 2 aromatic rings. The molecule has 0 aromatic heterocycles. The summed E-state index contributed by atoms with van der Waals surface area (Å²) in [5.41, 5.74) is 0.146. The zero-order chi connectivity index (χ0) is 22.5. The molecule has 1 aliphatic rings. The van der Waals surface area contributed by atoms with E-state index in [1.807, 2.05) is 6.92 Å². The molecule has 2 aromatic carbocycles. The van der Waals surface area contributed by atoms with Gasteiger partial charge in [-0.15, -0.1) is 0 Å². The molecule has 0 aliphatic carbocycles. The van der Waals surface area contributed by atoms with Crippen molar-refractivity contribution in [1.82, 2.24) is 4.31 Å². The average Bonchev–Trinajstić information content (AvgIpc) is 2.76. The molecule has 31 heavy (non-hydrogen) atoms. The van der Waals surface area contributed by atoms with E-state index >= 15 is 0 Å². The number of benzene rings is 2. The standard InChI is InChI=1S/C21H28N2O6S2/c1-3-28-18-9-11-19(12-10-18)30(24,25)22-17-8-13-20(29-4-2)21(16-17)31(26,27)23-14-6-5-7-15-23/h8-13,16,22H,3-7,14-15H2,1-2H3. The molecule has 0 bridgehead atoms. The Balaban J connectivity index is 1.92. The number of sulfonamides is 2. The molecule has 1 heterocycles. The lowest BCUT2D eigenvalue weighted by Gasteiger charge is -2.27. The summed E-state index contributed by atoms with van der Waals surface area (Å²) in [6, 6.07) is 10.3. The molecule has 0 amide bonds. The topological polar surface area (TPSA) is 102 Å².